The van der Waals surface area contributed by atoms with Crippen molar-refractivity contribution in [3.05, 3.63) is 11.4 Å². The van der Waals surface area contributed by atoms with Crippen LogP contribution in [0.2, 0.25) is 0 Å². The Morgan fingerprint density at radius 1 is 1.47 bits per heavy atom. The summed E-state index contributed by atoms with van der Waals surface area (Å²) in [6.45, 7) is 5.12. The zero-order valence-corrected chi connectivity index (χ0v) is 10.8. The third-order valence-electron chi connectivity index (χ3n) is 3.33. The van der Waals surface area contributed by atoms with E-state index in [0.29, 0.717) is 5.92 Å². The smallest absolute Gasteiger partial charge is 0.0999 e. The molecule has 17 heavy (non-hydrogen) atoms. The molecule has 1 fully saturated rings. The Morgan fingerprint density at radius 3 is 2.88 bits per heavy atom. The molecule has 1 aromatic rings. The largest absolute Gasteiger partial charge is 0.380 e. The van der Waals surface area contributed by atoms with E-state index in [1.54, 1.807) is 0 Å². The summed E-state index contributed by atoms with van der Waals surface area (Å²) in [5.74, 6) is 0.662. The lowest BCUT2D eigenvalue weighted by atomic mass is 9.82. The van der Waals surface area contributed by atoms with Gasteiger partial charge in [0, 0.05) is 19.1 Å². The van der Waals surface area contributed by atoms with Crippen LogP contribution in [0.25, 0.3) is 0 Å². The van der Waals surface area contributed by atoms with Crippen LogP contribution in [0.5, 0.6) is 0 Å². The molecule has 2 rings (SSSR count). The van der Waals surface area contributed by atoms with Gasteiger partial charge in [-0.1, -0.05) is 11.6 Å². The first-order chi connectivity index (χ1) is 8.36. The maximum absolute atomic E-state index is 5.39. The van der Waals surface area contributed by atoms with Crippen molar-refractivity contribution >= 4 is 0 Å². The Bertz CT molecular complexity index is 346. The maximum Gasteiger partial charge on any atom is 0.0999 e. The monoisotopic (exact) mass is 238 g/mol. The number of hydrogen-bond acceptors (Lipinski definition) is 4. The lowest BCUT2D eigenvalue weighted by Gasteiger charge is -2.26. The second kappa shape index (κ2) is 6.12. The van der Waals surface area contributed by atoms with Gasteiger partial charge in [0.15, 0.2) is 0 Å². The number of aromatic nitrogens is 3. The van der Waals surface area contributed by atoms with Crippen LogP contribution >= 0.6 is 0 Å². The Morgan fingerprint density at radius 2 is 2.29 bits per heavy atom. The molecular formula is C12H22N4O. The molecule has 1 aliphatic carbocycles. The van der Waals surface area contributed by atoms with Crippen LogP contribution in [-0.2, 0) is 17.8 Å². The number of nitrogens with one attached hydrogen (secondary N) is 1. The van der Waals surface area contributed by atoms with Crippen molar-refractivity contribution in [2.45, 2.75) is 45.2 Å². The van der Waals surface area contributed by atoms with Crippen molar-refractivity contribution in [1.82, 2.24) is 20.3 Å². The summed E-state index contributed by atoms with van der Waals surface area (Å²) < 4.78 is 7.42. The van der Waals surface area contributed by atoms with Gasteiger partial charge in [0.2, 0.25) is 0 Å². The van der Waals surface area contributed by atoms with Crippen LogP contribution in [-0.4, -0.2) is 35.3 Å². The lowest BCUT2D eigenvalue weighted by molar-refractivity contribution is 0.134. The Balaban J connectivity index is 2.07. The van der Waals surface area contributed by atoms with Gasteiger partial charge in [-0.3, -0.25) is 0 Å². The Labute approximate surface area is 103 Å². The predicted octanol–water partition coefficient (Wildman–Crippen LogP) is 1.30. The second-order valence-electron chi connectivity index (χ2n) is 4.50. The summed E-state index contributed by atoms with van der Waals surface area (Å²) in [5.41, 5.74) is 2.43. The molecule has 0 spiro atoms. The molecule has 5 nitrogen and oxygen atoms in total. The molecule has 0 atom stereocenters. The number of hydrogen-bond donors (Lipinski definition) is 1. The molecule has 1 aliphatic rings. The van der Waals surface area contributed by atoms with E-state index in [4.69, 9.17) is 4.74 Å². The molecule has 1 N–H and O–H groups in total. The first-order valence-electron chi connectivity index (χ1n) is 6.51. The van der Waals surface area contributed by atoms with Gasteiger partial charge in [-0.05, 0) is 26.8 Å². The van der Waals surface area contributed by atoms with Gasteiger partial charge in [0.25, 0.3) is 0 Å². The van der Waals surface area contributed by atoms with E-state index in [1.165, 1.54) is 25.0 Å². The van der Waals surface area contributed by atoms with Gasteiger partial charge >= 0.3 is 0 Å². The highest BCUT2D eigenvalue weighted by Gasteiger charge is 2.27. The number of rotatable bonds is 7. The van der Waals surface area contributed by atoms with Crippen molar-refractivity contribution in [1.29, 1.82) is 0 Å². The SMILES string of the molecule is CCOCCn1nnc(CNC)c1C1CCC1. The highest BCUT2D eigenvalue weighted by molar-refractivity contribution is 5.18. The summed E-state index contributed by atoms with van der Waals surface area (Å²) in [6, 6.07) is 0. The van der Waals surface area contributed by atoms with Gasteiger partial charge in [0.1, 0.15) is 0 Å². The summed E-state index contributed by atoms with van der Waals surface area (Å²) >= 11 is 0. The molecule has 0 unspecified atom stereocenters. The second-order valence-corrected chi connectivity index (χ2v) is 4.50. The highest BCUT2D eigenvalue weighted by Crippen LogP contribution is 2.37. The lowest BCUT2D eigenvalue weighted by Crippen LogP contribution is -2.20. The number of ether oxygens (including phenoxy) is 1. The normalized spacial score (nSPS) is 16.1. The average Bonchev–Trinajstić information content (AvgIpc) is 2.62. The molecule has 0 amide bonds. The van der Waals surface area contributed by atoms with Gasteiger partial charge in [-0.25, -0.2) is 4.68 Å². The fourth-order valence-corrected chi connectivity index (χ4v) is 2.24. The van der Waals surface area contributed by atoms with Crippen LogP contribution in [0.1, 0.15) is 43.5 Å². The van der Waals surface area contributed by atoms with Gasteiger partial charge < -0.3 is 10.1 Å². The molecule has 1 saturated carbocycles. The quantitative estimate of drug-likeness (QED) is 0.728. The fourth-order valence-electron chi connectivity index (χ4n) is 2.24. The molecule has 0 saturated heterocycles. The molecule has 96 valence electrons. The summed E-state index contributed by atoms with van der Waals surface area (Å²) in [5, 5.41) is 11.7. The minimum Gasteiger partial charge on any atom is -0.380 e. The maximum atomic E-state index is 5.39. The molecule has 0 bridgehead atoms. The molecule has 0 aromatic carbocycles. The standard InChI is InChI=1S/C12H22N4O/c1-3-17-8-7-16-12(10-5-4-6-10)11(9-13-2)14-15-16/h10,13H,3-9H2,1-2H3. The van der Waals surface area contributed by atoms with E-state index in [2.05, 4.69) is 15.6 Å². The highest BCUT2D eigenvalue weighted by atomic mass is 16.5. The zero-order valence-electron chi connectivity index (χ0n) is 10.8. The first kappa shape index (κ1) is 12.5. The Hall–Kier alpha value is -0.940. The van der Waals surface area contributed by atoms with Crippen LogP contribution < -0.4 is 5.32 Å². The number of nitrogens with zero attached hydrogens (tertiary/aromatic N) is 3. The van der Waals surface area contributed by atoms with Gasteiger partial charge in [-0.15, -0.1) is 5.10 Å². The summed E-state index contributed by atoms with van der Waals surface area (Å²) in [6.07, 6.45) is 3.89. The van der Waals surface area contributed by atoms with Crippen molar-refractivity contribution in [2.75, 3.05) is 20.3 Å². The van der Waals surface area contributed by atoms with Crippen molar-refractivity contribution in [3.8, 4) is 0 Å². The van der Waals surface area contributed by atoms with E-state index in [1.807, 2.05) is 18.7 Å². The van der Waals surface area contributed by atoms with Crippen LogP contribution in [0.3, 0.4) is 0 Å². The minimum absolute atomic E-state index is 0.662. The molecule has 1 heterocycles. The zero-order chi connectivity index (χ0) is 12.1. The van der Waals surface area contributed by atoms with E-state index in [0.717, 1.165) is 32.0 Å². The van der Waals surface area contributed by atoms with Gasteiger partial charge in [0.05, 0.1) is 24.5 Å². The van der Waals surface area contributed by atoms with Crippen LogP contribution in [0.4, 0.5) is 0 Å². The predicted molar refractivity (Wildman–Crippen MR) is 65.9 cm³/mol. The fraction of sp³-hybridized carbons (Fsp3) is 0.833. The molecule has 5 heteroatoms. The van der Waals surface area contributed by atoms with Crippen LogP contribution in [0.15, 0.2) is 0 Å². The van der Waals surface area contributed by atoms with Crippen LogP contribution in [0, 0.1) is 0 Å². The first-order valence-corrected chi connectivity index (χ1v) is 6.51. The topological polar surface area (TPSA) is 52.0 Å². The van der Waals surface area contributed by atoms with Crippen molar-refractivity contribution < 1.29 is 4.74 Å². The molecule has 1 aromatic heterocycles. The van der Waals surface area contributed by atoms with E-state index >= 15 is 0 Å². The average molecular weight is 238 g/mol. The minimum atomic E-state index is 0.662. The van der Waals surface area contributed by atoms with Crippen molar-refractivity contribution in [2.24, 2.45) is 0 Å². The van der Waals surface area contributed by atoms with Crippen molar-refractivity contribution in [3.63, 3.8) is 0 Å². The molecular weight excluding hydrogens is 216 g/mol. The molecule has 0 aliphatic heterocycles. The molecule has 0 radical (unpaired) electrons. The van der Waals surface area contributed by atoms with E-state index in [-0.39, 0.29) is 0 Å². The van der Waals surface area contributed by atoms with Gasteiger partial charge in [-0.2, -0.15) is 0 Å². The Kier molecular flexibility index (Phi) is 4.50. The summed E-state index contributed by atoms with van der Waals surface area (Å²) in [4.78, 5) is 0. The summed E-state index contributed by atoms with van der Waals surface area (Å²) in [7, 11) is 1.95. The van der Waals surface area contributed by atoms with E-state index < -0.39 is 0 Å². The third kappa shape index (κ3) is 2.84. The third-order valence-corrected chi connectivity index (χ3v) is 3.33. The van der Waals surface area contributed by atoms with E-state index in [9.17, 15) is 0 Å².